The van der Waals surface area contributed by atoms with Crippen LogP contribution in [0, 0.1) is 5.92 Å². The summed E-state index contributed by atoms with van der Waals surface area (Å²) in [7, 11) is 0. The zero-order valence-corrected chi connectivity index (χ0v) is 15.8. The lowest BCUT2D eigenvalue weighted by Gasteiger charge is -2.10. The second kappa shape index (κ2) is 8.56. The van der Waals surface area contributed by atoms with Crippen molar-refractivity contribution in [2.24, 2.45) is 5.92 Å². The second-order valence-corrected chi connectivity index (χ2v) is 6.98. The van der Waals surface area contributed by atoms with Gasteiger partial charge < -0.3 is 15.4 Å². The summed E-state index contributed by atoms with van der Waals surface area (Å²) in [6.07, 6.45) is 5.34. The highest BCUT2D eigenvalue weighted by Crippen LogP contribution is 2.30. The quantitative estimate of drug-likeness (QED) is 0.635. The van der Waals surface area contributed by atoms with Crippen LogP contribution in [0.25, 0.3) is 0 Å². The molecule has 146 valence electrons. The lowest BCUT2D eigenvalue weighted by atomic mass is 10.2. The molecule has 1 aromatic heterocycles. The third-order valence-electron chi connectivity index (χ3n) is 4.56. The van der Waals surface area contributed by atoms with E-state index in [0.29, 0.717) is 29.3 Å². The minimum Gasteiger partial charge on any atom is -0.489 e. The average Bonchev–Trinajstić information content (AvgIpc) is 3.59. The Morgan fingerprint density at radius 3 is 2.52 bits per heavy atom. The molecule has 0 aliphatic heterocycles. The van der Waals surface area contributed by atoms with Gasteiger partial charge in [-0.2, -0.15) is 0 Å². The molecule has 1 heterocycles. The number of hydrogen-bond acceptors (Lipinski definition) is 4. The van der Waals surface area contributed by atoms with Gasteiger partial charge in [-0.15, -0.1) is 0 Å². The molecule has 1 fully saturated rings. The van der Waals surface area contributed by atoms with Gasteiger partial charge in [0.2, 0.25) is 5.91 Å². The van der Waals surface area contributed by atoms with E-state index in [-0.39, 0.29) is 17.7 Å². The Hall–Kier alpha value is -3.67. The molecule has 0 atom stereocenters. The number of hydrogen-bond donors (Lipinski definition) is 2. The first-order chi connectivity index (χ1) is 14.2. The molecular weight excluding hydrogens is 366 g/mol. The van der Waals surface area contributed by atoms with E-state index in [1.165, 1.54) is 0 Å². The molecule has 0 spiro atoms. The Bertz CT molecular complexity index is 1020. The molecule has 4 rings (SSSR count). The van der Waals surface area contributed by atoms with Crippen molar-refractivity contribution in [2.75, 3.05) is 10.6 Å². The summed E-state index contributed by atoms with van der Waals surface area (Å²) >= 11 is 0. The van der Waals surface area contributed by atoms with Crippen LogP contribution in [0.15, 0.2) is 73.1 Å². The zero-order chi connectivity index (χ0) is 20.1. The number of pyridine rings is 1. The fraction of sp³-hybridized carbons (Fsp3) is 0.174. The number of anilines is 2. The van der Waals surface area contributed by atoms with Crippen LogP contribution >= 0.6 is 0 Å². The smallest absolute Gasteiger partial charge is 0.255 e. The molecular formula is C23H21N3O3. The highest BCUT2D eigenvalue weighted by atomic mass is 16.5. The van der Waals surface area contributed by atoms with Crippen LogP contribution in [0.2, 0.25) is 0 Å². The molecule has 6 nitrogen and oxygen atoms in total. The topological polar surface area (TPSA) is 80.3 Å². The summed E-state index contributed by atoms with van der Waals surface area (Å²) in [4.78, 5) is 28.6. The van der Waals surface area contributed by atoms with Gasteiger partial charge in [-0.25, -0.2) is 0 Å². The fourth-order valence-electron chi connectivity index (χ4n) is 2.85. The van der Waals surface area contributed by atoms with E-state index >= 15 is 0 Å². The summed E-state index contributed by atoms with van der Waals surface area (Å²) in [5, 5.41) is 5.75. The molecule has 1 aliphatic rings. The first-order valence-electron chi connectivity index (χ1n) is 9.51. The van der Waals surface area contributed by atoms with Crippen LogP contribution in [0.5, 0.6) is 5.75 Å². The lowest BCUT2D eigenvalue weighted by molar-refractivity contribution is -0.117. The van der Waals surface area contributed by atoms with E-state index in [1.807, 2.05) is 18.2 Å². The first kappa shape index (κ1) is 18.7. The highest BCUT2D eigenvalue weighted by molar-refractivity contribution is 6.05. The molecule has 6 heteroatoms. The van der Waals surface area contributed by atoms with Crippen molar-refractivity contribution >= 4 is 23.2 Å². The van der Waals surface area contributed by atoms with Crippen LogP contribution in [0.4, 0.5) is 11.4 Å². The number of benzene rings is 2. The monoisotopic (exact) mass is 387 g/mol. The highest BCUT2D eigenvalue weighted by Gasteiger charge is 2.29. The van der Waals surface area contributed by atoms with Gasteiger partial charge >= 0.3 is 0 Å². The van der Waals surface area contributed by atoms with E-state index in [4.69, 9.17) is 4.74 Å². The minimum atomic E-state index is -0.248. The summed E-state index contributed by atoms with van der Waals surface area (Å²) < 4.78 is 5.76. The summed E-state index contributed by atoms with van der Waals surface area (Å²) in [6, 6.07) is 17.9. The van der Waals surface area contributed by atoms with Gasteiger partial charge in [0.1, 0.15) is 12.4 Å². The van der Waals surface area contributed by atoms with E-state index in [9.17, 15) is 9.59 Å². The molecule has 2 aromatic carbocycles. The maximum absolute atomic E-state index is 12.6. The SMILES string of the molecule is O=C(Nc1cccc(NC(=O)C2CC2)c1)c1cccc(OCc2cccnc2)c1. The predicted octanol–water partition coefficient (Wildman–Crippen LogP) is 4.26. The summed E-state index contributed by atoms with van der Waals surface area (Å²) in [5.74, 6) is 0.518. The molecule has 0 radical (unpaired) electrons. The molecule has 0 unspecified atom stereocenters. The number of carbonyl (C=O) groups is 2. The van der Waals surface area contributed by atoms with Crippen LogP contribution in [-0.4, -0.2) is 16.8 Å². The standard InChI is InChI=1S/C23H21N3O3/c27-22(17-9-10-17)25-19-6-2-7-20(13-19)26-23(28)18-5-1-8-21(12-18)29-15-16-4-3-11-24-14-16/h1-8,11-14,17H,9-10,15H2,(H,25,27)(H,26,28). The molecule has 29 heavy (non-hydrogen) atoms. The molecule has 0 bridgehead atoms. The maximum Gasteiger partial charge on any atom is 0.255 e. The van der Waals surface area contributed by atoms with E-state index in [1.54, 1.807) is 54.9 Å². The van der Waals surface area contributed by atoms with E-state index in [0.717, 1.165) is 18.4 Å². The zero-order valence-electron chi connectivity index (χ0n) is 15.8. The van der Waals surface area contributed by atoms with Gasteiger partial charge in [0.15, 0.2) is 0 Å². The lowest BCUT2D eigenvalue weighted by Crippen LogP contribution is -2.14. The van der Waals surface area contributed by atoms with Crippen molar-refractivity contribution in [3.8, 4) is 5.75 Å². The first-order valence-corrected chi connectivity index (χ1v) is 9.51. The molecule has 1 aliphatic carbocycles. The third kappa shape index (κ3) is 5.19. The van der Waals surface area contributed by atoms with Gasteiger partial charge in [-0.1, -0.05) is 18.2 Å². The van der Waals surface area contributed by atoms with Crippen molar-refractivity contribution in [3.63, 3.8) is 0 Å². The number of nitrogens with one attached hydrogen (secondary N) is 2. The van der Waals surface area contributed by atoms with Crippen LogP contribution < -0.4 is 15.4 Å². The summed E-state index contributed by atoms with van der Waals surface area (Å²) in [6.45, 7) is 0.377. The second-order valence-electron chi connectivity index (χ2n) is 6.98. The maximum atomic E-state index is 12.6. The van der Waals surface area contributed by atoms with Crippen molar-refractivity contribution < 1.29 is 14.3 Å². The fourth-order valence-corrected chi connectivity index (χ4v) is 2.85. The average molecular weight is 387 g/mol. The Morgan fingerprint density at radius 1 is 0.966 bits per heavy atom. The van der Waals surface area contributed by atoms with E-state index < -0.39 is 0 Å². The third-order valence-corrected chi connectivity index (χ3v) is 4.56. The van der Waals surface area contributed by atoms with Crippen LogP contribution in [-0.2, 0) is 11.4 Å². The van der Waals surface area contributed by atoms with Gasteiger partial charge in [0, 0.05) is 40.8 Å². The molecule has 3 aromatic rings. The number of carbonyl (C=O) groups excluding carboxylic acids is 2. The van der Waals surface area contributed by atoms with Crippen LogP contribution in [0.3, 0.4) is 0 Å². The summed E-state index contributed by atoms with van der Waals surface area (Å²) in [5.41, 5.74) is 2.73. The molecule has 0 saturated heterocycles. The Morgan fingerprint density at radius 2 is 1.76 bits per heavy atom. The van der Waals surface area contributed by atoms with Crippen molar-refractivity contribution in [2.45, 2.75) is 19.4 Å². The largest absolute Gasteiger partial charge is 0.489 e. The van der Waals surface area contributed by atoms with Gasteiger partial charge in [-0.05, 0) is 55.3 Å². The van der Waals surface area contributed by atoms with Gasteiger partial charge in [-0.3, -0.25) is 14.6 Å². The molecule has 2 amide bonds. The Kier molecular flexibility index (Phi) is 5.52. The van der Waals surface area contributed by atoms with E-state index in [2.05, 4.69) is 15.6 Å². The van der Waals surface area contributed by atoms with Crippen molar-refractivity contribution in [1.82, 2.24) is 4.98 Å². The minimum absolute atomic E-state index is 0.0342. The van der Waals surface area contributed by atoms with Crippen LogP contribution in [0.1, 0.15) is 28.8 Å². The molecule has 2 N–H and O–H groups in total. The molecule has 1 saturated carbocycles. The number of aromatic nitrogens is 1. The predicted molar refractivity (Wildman–Crippen MR) is 111 cm³/mol. The number of amides is 2. The number of nitrogens with zero attached hydrogens (tertiary/aromatic N) is 1. The normalized spacial score (nSPS) is 12.8. The number of ether oxygens (including phenoxy) is 1. The van der Waals surface area contributed by atoms with Gasteiger partial charge in [0.05, 0.1) is 0 Å². The van der Waals surface area contributed by atoms with Crippen molar-refractivity contribution in [1.29, 1.82) is 0 Å². The Labute approximate surface area is 168 Å². The Balaban J connectivity index is 1.38. The van der Waals surface area contributed by atoms with Gasteiger partial charge in [0.25, 0.3) is 5.91 Å². The van der Waals surface area contributed by atoms with Crippen molar-refractivity contribution in [3.05, 3.63) is 84.2 Å². The number of rotatable bonds is 7.